The van der Waals surface area contributed by atoms with Crippen molar-refractivity contribution in [2.45, 2.75) is 25.5 Å². The normalized spacial score (nSPS) is 24.2. The Kier molecular flexibility index (Phi) is 5.23. The topological polar surface area (TPSA) is 35.6 Å². The van der Waals surface area contributed by atoms with Crippen LogP contribution in [0.2, 0.25) is 0 Å². The molecule has 136 valence electrons. The molecule has 0 bridgehead atoms. The zero-order chi connectivity index (χ0) is 17.9. The molecular weight excluding hydrogens is 341 g/mol. The summed E-state index contributed by atoms with van der Waals surface area (Å²) in [5, 5.41) is 4.61. The third kappa shape index (κ3) is 3.62. The van der Waals surface area contributed by atoms with Gasteiger partial charge >= 0.3 is 0 Å². The molecule has 3 heterocycles. The smallest absolute Gasteiger partial charge is 0.252 e. The van der Waals surface area contributed by atoms with Crippen molar-refractivity contribution in [3.05, 3.63) is 65.5 Å². The highest BCUT2D eigenvalue weighted by Gasteiger charge is 2.29. The molecule has 2 atom stereocenters. The Bertz CT molecular complexity index is 775. The second kappa shape index (κ2) is 7.77. The summed E-state index contributed by atoms with van der Waals surface area (Å²) in [5.74, 6) is 0.252. The third-order valence-electron chi connectivity index (χ3n) is 5.20. The van der Waals surface area contributed by atoms with Crippen LogP contribution in [0.5, 0.6) is 0 Å². The van der Waals surface area contributed by atoms with Crippen LogP contribution in [-0.2, 0) is 11.2 Å². The Balaban J connectivity index is 1.56. The van der Waals surface area contributed by atoms with E-state index in [1.807, 2.05) is 11.0 Å². The second-order valence-corrected chi connectivity index (χ2v) is 8.37. The highest BCUT2D eigenvalue weighted by atomic mass is 31.1. The fourth-order valence-electron chi connectivity index (χ4n) is 3.68. The Morgan fingerprint density at radius 3 is 3.08 bits per heavy atom. The molecule has 4 rings (SSSR count). The van der Waals surface area contributed by atoms with Crippen molar-refractivity contribution in [1.82, 2.24) is 15.1 Å². The summed E-state index contributed by atoms with van der Waals surface area (Å²) in [6.07, 6.45) is 10.5. The van der Waals surface area contributed by atoms with Gasteiger partial charge in [0.1, 0.15) is 0 Å². The quantitative estimate of drug-likeness (QED) is 0.834. The van der Waals surface area contributed by atoms with Crippen LogP contribution in [0.15, 0.2) is 54.4 Å². The number of amides is 1. The highest BCUT2D eigenvalue weighted by Crippen LogP contribution is 2.44. The predicted molar refractivity (Wildman–Crippen MR) is 109 cm³/mol. The SMILES string of the molecule is CCc1cccc(C2=CC(=O)N3C=C(N4CCCNCC4)C=CC3P2)c1. The minimum Gasteiger partial charge on any atom is -0.369 e. The molecule has 1 N–H and O–H groups in total. The molecule has 0 aliphatic carbocycles. The van der Waals surface area contributed by atoms with Gasteiger partial charge < -0.3 is 15.1 Å². The number of allylic oxidation sites excluding steroid dienone is 1. The van der Waals surface area contributed by atoms with Gasteiger partial charge in [-0.3, -0.25) is 4.79 Å². The number of hydrogen-bond donors (Lipinski definition) is 1. The lowest BCUT2D eigenvalue weighted by atomic mass is 10.1. The van der Waals surface area contributed by atoms with E-state index in [1.165, 1.54) is 16.4 Å². The number of rotatable bonds is 3. The first-order valence-corrected chi connectivity index (χ1v) is 10.6. The minimum atomic E-state index is 0.0976. The Morgan fingerprint density at radius 1 is 1.27 bits per heavy atom. The van der Waals surface area contributed by atoms with Crippen LogP contribution in [0.1, 0.15) is 24.5 Å². The summed E-state index contributed by atoms with van der Waals surface area (Å²) in [6.45, 7) is 6.28. The lowest BCUT2D eigenvalue weighted by Gasteiger charge is -2.36. The van der Waals surface area contributed by atoms with Gasteiger partial charge in [-0.1, -0.05) is 45.8 Å². The first-order chi connectivity index (χ1) is 12.7. The summed E-state index contributed by atoms with van der Waals surface area (Å²) < 4.78 is 0. The van der Waals surface area contributed by atoms with E-state index in [9.17, 15) is 4.79 Å². The van der Waals surface area contributed by atoms with Gasteiger partial charge in [0, 0.05) is 31.9 Å². The molecule has 1 saturated heterocycles. The van der Waals surface area contributed by atoms with Crippen LogP contribution in [0.25, 0.3) is 5.31 Å². The van der Waals surface area contributed by atoms with Crippen LogP contribution >= 0.6 is 8.58 Å². The van der Waals surface area contributed by atoms with Crippen LogP contribution in [-0.4, -0.2) is 47.7 Å². The second-order valence-electron chi connectivity index (χ2n) is 6.95. The number of fused-ring (bicyclic) bond motifs is 1. The third-order valence-corrected chi connectivity index (χ3v) is 6.71. The van der Waals surface area contributed by atoms with E-state index in [-0.39, 0.29) is 11.7 Å². The minimum absolute atomic E-state index is 0.0976. The van der Waals surface area contributed by atoms with E-state index in [0.29, 0.717) is 8.58 Å². The zero-order valence-electron chi connectivity index (χ0n) is 15.2. The van der Waals surface area contributed by atoms with Crippen LogP contribution in [0.4, 0.5) is 0 Å². The number of aryl methyl sites for hydroxylation is 1. The van der Waals surface area contributed by atoms with Crippen molar-refractivity contribution >= 4 is 19.8 Å². The zero-order valence-corrected chi connectivity index (χ0v) is 16.2. The van der Waals surface area contributed by atoms with E-state index >= 15 is 0 Å². The maximum Gasteiger partial charge on any atom is 0.252 e. The first kappa shape index (κ1) is 17.5. The van der Waals surface area contributed by atoms with E-state index in [2.05, 4.69) is 59.8 Å². The average molecular weight is 367 g/mol. The van der Waals surface area contributed by atoms with Crippen molar-refractivity contribution < 1.29 is 4.79 Å². The van der Waals surface area contributed by atoms with Gasteiger partial charge in [0.25, 0.3) is 5.91 Å². The number of carbonyl (C=O) groups is 1. The van der Waals surface area contributed by atoms with Crippen molar-refractivity contribution in [1.29, 1.82) is 0 Å². The fourth-order valence-corrected chi connectivity index (χ4v) is 5.06. The molecule has 2 unspecified atom stereocenters. The van der Waals surface area contributed by atoms with Gasteiger partial charge in [0.15, 0.2) is 0 Å². The first-order valence-electron chi connectivity index (χ1n) is 9.50. The summed E-state index contributed by atoms with van der Waals surface area (Å²) >= 11 is 0. The van der Waals surface area contributed by atoms with Gasteiger partial charge in [-0.2, -0.15) is 0 Å². The van der Waals surface area contributed by atoms with Crippen molar-refractivity contribution in [2.24, 2.45) is 0 Å². The van der Waals surface area contributed by atoms with Gasteiger partial charge in [-0.15, -0.1) is 0 Å². The van der Waals surface area contributed by atoms with Gasteiger partial charge in [-0.05, 0) is 41.9 Å². The lowest BCUT2D eigenvalue weighted by Crippen LogP contribution is -2.38. The van der Waals surface area contributed by atoms with Crippen LogP contribution in [0, 0.1) is 0 Å². The van der Waals surface area contributed by atoms with Crippen LogP contribution < -0.4 is 5.32 Å². The monoisotopic (exact) mass is 367 g/mol. The van der Waals surface area contributed by atoms with E-state index < -0.39 is 0 Å². The Hall–Kier alpha value is -1.90. The van der Waals surface area contributed by atoms with Crippen molar-refractivity contribution in [3.63, 3.8) is 0 Å². The Labute approximate surface area is 157 Å². The molecule has 1 fully saturated rings. The summed E-state index contributed by atoms with van der Waals surface area (Å²) in [5.41, 5.74) is 3.67. The molecule has 1 amide bonds. The summed E-state index contributed by atoms with van der Waals surface area (Å²) in [7, 11) is 0.585. The average Bonchev–Trinajstić information content (AvgIpc) is 2.97. The number of hydrogen-bond acceptors (Lipinski definition) is 3. The molecule has 0 radical (unpaired) electrons. The number of nitrogens with zero attached hydrogens (tertiary/aromatic N) is 2. The Morgan fingerprint density at radius 2 is 2.19 bits per heavy atom. The predicted octanol–water partition coefficient (Wildman–Crippen LogP) is 3.14. The van der Waals surface area contributed by atoms with Crippen molar-refractivity contribution in [2.75, 3.05) is 26.2 Å². The van der Waals surface area contributed by atoms with Crippen molar-refractivity contribution in [3.8, 4) is 0 Å². The molecular formula is C21H26N3OP. The molecule has 0 aromatic heterocycles. The van der Waals surface area contributed by atoms with Gasteiger partial charge in [0.05, 0.1) is 11.5 Å². The standard InChI is InChI=1S/C21H26N3OP/c1-2-16-5-3-6-17(13-16)19-14-20(25)24-15-18(7-8-21(24)26-19)23-11-4-9-22-10-12-23/h3,5-8,13-15,21-22,26H,2,4,9-12H2,1H3. The molecule has 3 aliphatic heterocycles. The molecule has 5 heteroatoms. The molecule has 26 heavy (non-hydrogen) atoms. The maximum atomic E-state index is 12.8. The van der Waals surface area contributed by atoms with Gasteiger partial charge in [0.2, 0.25) is 0 Å². The van der Waals surface area contributed by atoms with E-state index in [1.54, 1.807) is 0 Å². The molecule has 1 aromatic carbocycles. The number of benzene rings is 1. The number of nitrogens with one attached hydrogen (secondary N) is 1. The van der Waals surface area contributed by atoms with Gasteiger partial charge in [-0.25, -0.2) is 0 Å². The molecule has 1 aromatic rings. The summed E-state index contributed by atoms with van der Waals surface area (Å²) in [4.78, 5) is 17.1. The summed E-state index contributed by atoms with van der Waals surface area (Å²) in [6, 6.07) is 8.59. The van der Waals surface area contributed by atoms with Crippen LogP contribution in [0.3, 0.4) is 0 Å². The largest absolute Gasteiger partial charge is 0.369 e. The fraction of sp³-hybridized carbons (Fsp3) is 0.381. The lowest BCUT2D eigenvalue weighted by molar-refractivity contribution is -0.123. The molecule has 3 aliphatic rings. The van der Waals surface area contributed by atoms with E-state index in [4.69, 9.17) is 0 Å². The molecule has 0 spiro atoms. The molecule has 4 nitrogen and oxygen atoms in total. The highest BCUT2D eigenvalue weighted by molar-refractivity contribution is 7.51. The number of carbonyl (C=O) groups excluding carboxylic acids is 1. The molecule has 0 saturated carbocycles. The van der Waals surface area contributed by atoms with E-state index in [0.717, 1.165) is 44.7 Å². The maximum absolute atomic E-state index is 12.8.